The summed E-state index contributed by atoms with van der Waals surface area (Å²) >= 11 is 1.71. The Labute approximate surface area is 123 Å². The molecular formula is C14H15N3OS2. The first kappa shape index (κ1) is 13.3. The van der Waals surface area contributed by atoms with Gasteiger partial charge in [-0.1, -0.05) is 6.92 Å². The molecule has 0 saturated heterocycles. The van der Waals surface area contributed by atoms with Gasteiger partial charge in [-0.05, 0) is 36.8 Å². The molecule has 2 aromatic heterocycles. The lowest BCUT2D eigenvalue weighted by Gasteiger charge is -1.95. The van der Waals surface area contributed by atoms with Gasteiger partial charge in [0.05, 0.1) is 27.6 Å². The van der Waals surface area contributed by atoms with Crippen molar-refractivity contribution >= 4 is 38.9 Å². The Morgan fingerprint density at radius 2 is 2.10 bits per heavy atom. The lowest BCUT2D eigenvalue weighted by Crippen LogP contribution is -1.96. The number of aromatic nitrogens is 2. The molecule has 0 bridgehead atoms. The molecular weight excluding hydrogens is 290 g/mol. The minimum absolute atomic E-state index is 0.500. The number of H-pyrrole nitrogens is 1. The molecule has 0 spiro atoms. The quantitative estimate of drug-likeness (QED) is 0.728. The third-order valence-electron chi connectivity index (χ3n) is 3.04. The fourth-order valence-electron chi connectivity index (χ4n) is 2.00. The molecule has 1 atom stereocenters. The number of aryl methyl sites for hydroxylation is 1. The molecule has 3 rings (SSSR count). The molecule has 1 unspecified atom stereocenters. The van der Waals surface area contributed by atoms with E-state index < -0.39 is 10.8 Å². The Hall–Kier alpha value is -1.66. The fraction of sp³-hybridized carbons (Fsp3) is 0.214. The number of aromatic amines is 1. The van der Waals surface area contributed by atoms with Crippen molar-refractivity contribution in [2.75, 3.05) is 5.73 Å². The van der Waals surface area contributed by atoms with E-state index in [4.69, 9.17) is 5.73 Å². The van der Waals surface area contributed by atoms with Crippen LogP contribution in [0, 0.1) is 0 Å². The maximum atomic E-state index is 12.4. The van der Waals surface area contributed by atoms with Gasteiger partial charge in [-0.2, -0.15) is 0 Å². The van der Waals surface area contributed by atoms with E-state index in [-0.39, 0.29) is 0 Å². The molecule has 3 aromatic rings. The second-order valence-electron chi connectivity index (χ2n) is 4.53. The second kappa shape index (κ2) is 5.38. The summed E-state index contributed by atoms with van der Waals surface area (Å²) in [6.07, 6.45) is 1.02. The van der Waals surface area contributed by atoms with E-state index in [9.17, 15) is 4.21 Å². The van der Waals surface area contributed by atoms with E-state index in [2.05, 4.69) is 23.0 Å². The Balaban J connectivity index is 1.84. The number of imidazole rings is 1. The highest BCUT2D eigenvalue weighted by molar-refractivity contribution is 7.84. The van der Waals surface area contributed by atoms with Crippen molar-refractivity contribution in [2.45, 2.75) is 24.3 Å². The largest absolute Gasteiger partial charge is 0.399 e. The van der Waals surface area contributed by atoms with Crippen molar-refractivity contribution in [3.8, 4) is 0 Å². The normalized spacial score (nSPS) is 12.8. The van der Waals surface area contributed by atoms with Crippen LogP contribution in [0.3, 0.4) is 0 Å². The van der Waals surface area contributed by atoms with Crippen LogP contribution in [0.4, 0.5) is 5.69 Å². The van der Waals surface area contributed by atoms with Gasteiger partial charge in [-0.25, -0.2) is 4.98 Å². The number of nitrogen functional groups attached to an aromatic ring is 1. The molecule has 0 aliphatic heterocycles. The van der Waals surface area contributed by atoms with Crippen LogP contribution < -0.4 is 5.73 Å². The summed E-state index contributed by atoms with van der Waals surface area (Å²) in [6, 6.07) is 9.58. The van der Waals surface area contributed by atoms with Crippen molar-refractivity contribution in [2.24, 2.45) is 0 Å². The molecule has 3 N–H and O–H groups in total. The van der Waals surface area contributed by atoms with Crippen molar-refractivity contribution in [3.05, 3.63) is 40.1 Å². The van der Waals surface area contributed by atoms with E-state index in [1.54, 1.807) is 17.4 Å². The summed E-state index contributed by atoms with van der Waals surface area (Å²) in [4.78, 5) is 9.90. The third kappa shape index (κ3) is 2.62. The van der Waals surface area contributed by atoms with E-state index in [0.717, 1.165) is 22.3 Å². The molecule has 104 valence electrons. The van der Waals surface area contributed by atoms with Crippen LogP contribution in [-0.4, -0.2) is 14.2 Å². The molecule has 20 heavy (non-hydrogen) atoms. The first-order chi connectivity index (χ1) is 9.65. The van der Waals surface area contributed by atoms with Gasteiger partial charge in [-0.3, -0.25) is 4.21 Å². The summed E-state index contributed by atoms with van der Waals surface area (Å²) < 4.78 is 12.4. The fourth-order valence-corrected chi connectivity index (χ4v) is 4.22. The van der Waals surface area contributed by atoms with E-state index in [1.165, 1.54) is 4.88 Å². The van der Waals surface area contributed by atoms with Crippen molar-refractivity contribution in [1.82, 2.24) is 9.97 Å². The maximum Gasteiger partial charge on any atom is 0.197 e. The summed E-state index contributed by atoms with van der Waals surface area (Å²) in [6.45, 7) is 2.12. The minimum Gasteiger partial charge on any atom is -0.399 e. The van der Waals surface area contributed by atoms with Crippen LogP contribution in [-0.2, 0) is 23.0 Å². The number of hydrogen-bond acceptors (Lipinski definition) is 4. The highest BCUT2D eigenvalue weighted by Gasteiger charge is 2.12. The first-order valence-electron chi connectivity index (χ1n) is 6.37. The number of thiophene rings is 1. The number of anilines is 1. The van der Waals surface area contributed by atoms with Crippen LogP contribution in [0.1, 0.15) is 16.7 Å². The number of nitrogens with zero attached hydrogens (tertiary/aromatic N) is 1. The maximum absolute atomic E-state index is 12.4. The van der Waals surface area contributed by atoms with Gasteiger partial charge in [0.25, 0.3) is 0 Å². The second-order valence-corrected chi connectivity index (χ2v) is 7.15. The van der Waals surface area contributed by atoms with Gasteiger partial charge in [0.1, 0.15) is 0 Å². The third-order valence-corrected chi connectivity index (χ3v) is 5.65. The number of hydrogen-bond donors (Lipinski definition) is 2. The van der Waals surface area contributed by atoms with Crippen LogP contribution in [0.15, 0.2) is 35.5 Å². The van der Waals surface area contributed by atoms with Crippen LogP contribution in [0.5, 0.6) is 0 Å². The van der Waals surface area contributed by atoms with Crippen molar-refractivity contribution < 1.29 is 4.21 Å². The topological polar surface area (TPSA) is 71.8 Å². The number of benzene rings is 1. The standard InChI is InChI=1S/C14H15N3OS2/c1-2-10-4-5-11(19-10)8-20(18)14-16-12-6-3-9(15)7-13(12)17-14/h3-7H,2,8,15H2,1H3,(H,16,17). The van der Waals surface area contributed by atoms with Crippen LogP contribution >= 0.6 is 11.3 Å². The monoisotopic (exact) mass is 305 g/mol. The van der Waals surface area contributed by atoms with Gasteiger partial charge in [-0.15, -0.1) is 11.3 Å². The number of nitrogens with two attached hydrogens (primary N) is 1. The predicted molar refractivity (Wildman–Crippen MR) is 84.3 cm³/mol. The first-order valence-corrected chi connectivity index (χ1v) is 8.50. The smallest absolute Gasteiger partial charge is 0.197 e. The predicted octanol–water partition coefficient (Wildman–Crippen LogP) is 3.08. The number of rotatable bonds is 4. The van der Waals surface area contributed by atoms with E-state index in [1.807, 2.05) is 18.2 Å². The molecule has 0 fully saturated rings. The SMILES string of the molecule is CCc1ccc(CS(=O)c2nc3ccc(N)cc3[nH]2)s1. The minimum atomic E-state index is -1.16. The van der Waals surface area contributed by atoms with Crippen LogP contribution in [0.2, 0.25) is 0 Å². The Bertz CT molecular complexity index is 776. The molecule has 0 amide bonds. The Kier molecular flexibility index (Phi) is 3.58. The molecule has 1 aromatic carbocycles. The van der Waals surface area contributed by atoms with E-state index in [0.29, 0.717) is 16.6 Å². The van der Waals surface area contributed by atoms with Gasteiger partial charge >= 0.3 is 0 Å². The van der Waals surface area contributed by atoms with E-state index >= 15 is 0 Å². The average Bonchev–Trinajstić information content (AvgIpc) is 3.04. The van der Waals surface area contributed by atoms with Gasteiger partial charge < -0.3 is 10.7 Å². The Morgan fingerprint density at radius 3 is 2.85 bits per heavy atom. The number of nitrogens with one attached hydrogen (secondary N) is 1. The Morgan fingerprint density at radius 1 is 1.30 bits per heavy atom. The van der Waals surface area contributed by atoms with Gasteiger partial charge in [0, 0.05) is 15.4 Å². The molecule has 0 saturated carbocycles. The summed E-state index contributed by atoms with van der Waals surface area (Å²) in [5, 5.41) is 0.511. The molecule has 2 heterocycles. The van der Waals surface area contributed by atoms with Crippen molar-refractivity contribution in [1.29, 1.82) is 0 Å². The molecule has 6 heteroatoms. The summed E-state index contributed by atoms with van der Waals surface area (Å²) in [5.41, 5.74) is 8.02. The highest BCUT2D eigenvalue weighted by Crippen LogP contribution is 2.22. The van der Waals surface area contributed by atoms with Gasteiger partial charge in [0.15, 0.2) is 5.16 Å². The van der Waals surface area contributed by atoms with Crippen molar-refractivity contribution in [3.63, 3.8) is 0 Å². The zero-order valence-corrected chi connectivity index (χ0v) is 12.7. The lowest BCUT2D eigenvalue weighted by molar-refractivity contribution is 0.677. The number of fused-ring (bicyclic) bond motifs is 1. The summed E-state index contributed by atoms with van der Waals surface area (Å²) in [7, 11) is -1.16. The molecule has 0 aliphatic carbocycles. The summed E-state index contributed by atoms with van der Waals surface area (Å²) in [5.74, 6) is 0.500. The zero-order chi connectivity index (χ0) is 14.1. The zero-order valence-electron chi connectivity index (χ0n) is 11.1. The highest BCUT2D eigenvalue weighted by atomic mass is 32.2. The average molecular weight is 305 g/mol. The lowest BCUT2D eigenvalue weighted by atomic mass is 10.3. The van der Waals surface area contributed by atoms with Crippen LogP contribution in [0.25, 0.3) is 11.0 Å². The molecule has 0 aliphatic rings. The van der Waals surface area contributed by atoms with Gasteiger partial charge in [0.2, 0.25) is 0 Å². The molecule has 4 nitrogen and oxygen atoms in total. The molecule has 0 radical (unpaired) electrons.